The third-order valence-electron chi connectivity index (χ3n) is 2.86. The van der Waals surface area contributed by atoms with Crippen LogP contribution in [-0.4, -0.2) is 28.3 Å². The average molecular weight is 305 g/mol. The van der Waals surface area contributed by atoms with Crippen molar-refractivity contribution in [3.8, 4) is 0 Å². The maximum absolute atomic E-state index is 13.4. The van der Waals surface area contributed by atoms with E-state index in [1.165, 1.54) is 18.2 Å². The first-order valence-corrected chi connectivity index (χ1v) is 6.74. The number of halogens is 1. The molecule has 0 atom stereocenters. The monoisotopic (exact) mass is 305 g/mol. The molecular weight excluding hydrogens is 289 g/mol. The molecule has 0 saturated carbocycles. The topological polar surface area (TPSA) is 73.2 Å². The van der Waals surface area contributed by atoms with Crippen molar-refractivity contribution in [3.63, 3.8) is 0 Å². The molecule has 0 saturated heterocycles. The Bertz CT molecular complexity index is 682. The quantitative estimate of drug-likeness (QED) is 0.861. The van der Waals surface area contributed by atoms with Crippen LogP contribution < -0.4 is 5.32 Å². The summed E-state index contributed by atoms with van der Waals surface area (Å²) in [4.78, 5) is 23.5. The number of aromatic nitrogens is 2. The molecule has 0 spiro atoms. The zero-order chi connectivity index (χ0) is 16.1. The Labute approximate surface area is 126 Å². The van der Waals surface area contributed by atoms with Gasteiger partial charge >= 0.3 is 5.97 Å². The molecule has 0 radical (unpaired) electrons. The summed E-state index contributed by atoms with van der Waals surface area (Å²) in [6.45, 7) is 3.33. The van der Waals surface area contributed by atoms with Gasteiger partial charge in [0.1, 0.15) is 11.6 Å². The first-order chi connectivity index (χ1) is 10.5. The molecule has 0 fully saturated rings. The Morgan fingerprint density at radius 1 is 1.32 bits per heavy atom. The van der Waals surface area contributed by atoms with Gasteiger partial charge in [0.05, 0.1) is 11.8 Å². The van der Waals surface area contributed by atoms with Crippen molar-refractivity contribution < 1.29 is 18.7 Å². The maximum Gasteiger partial charge on any atom is 0.341 e. The molecule has 1 aromatic heterocycles. The molecule has 0 bridgehead atoms. The average Bonchev–Trinajstić information content (AvgIpc) is 2.93. The van der Waals surface area contributed by atoms with E-state index < -0.39 is 24.3 Å². The Morgan fingerprint density at radius 2 is 2.05 bits per heavy atom. The van der Waals surface area contributed by atoms with E-state index in [0.29, 0.717) is 5.82 Å². The van der Waals surface area contributed by atoms with E-state index in [4.69, 9.17) is 4.74 Å². The molecule has 2 aromatic rings. The van der Waals surface area contributed by atoms with Crippen molar-refractivity contribution in [1.82, 2.24) is 9.78 Å². The number of carbonyl (C=O) groups excluding carboxylic acids is 2. The van der Waals surface area contributed by atoms with Crippen molar-refractivity contribution in [3.05, 3.63) is 47.9 Å². The zero-order valence-corrected chi connectivity index (χ0v) is 12.2. The predicted molar refractivity (Wildman–Crippen MR) is 77.9 cm³/mol. The lowest BCUT2D eigenvalue weighted by atomic mass is 10.2. The highest BCUT2D eigenvalue weighted by Crippen LogP contribution is 2.13. The first kappa shape index (κ1) is 15.7. The number of hydrogen-bond donors (Lipinski definition) is 1. The van der Waals surface area contributed by atoms with Crippen LogP contribution in [-0.2, 0) is 9.53 Å². The fourth-order valence-corrected chi connectivity index (χ4v) is 1.84. The molecule has 2 rings (SSSR count). The van der Waals surface area contributed by atoms with Crippen LogP contribution in [0.3, 0.4) is 0 Å². The lowest BCUT2D eigenvalue weighted by molar-refractivity contribution is -0.119. The highest BCUT2D eigenvalue weighted by atomic mass is 19.1. The number of nitrogens with one attached hydrogen (secondary N) is 1. The van der Waals surface area contributed by atoms with E-state index in [1.807, 2.05) is 13.8 Å². The Balaban J connectivity index is 1.92. The van der Waals surface area contributed by atoms with E-state index >= 15 is 0 Å². The largest absolute Gasteiger partial charge is 0.452 e. The smallest absolute Gasteiger partial charge is 0.341 e. The summed E-state index contributed by atoms with van der Waals surface area (Å²) in [5, 5.41) is 6.65. The fourth-order valence-electron chi connectivity index (χ4n) is 1.84. The molecule has 0 aliphatic heterocycles. The van der Waals surface area contributed by atoms with Crippen LogP contribution in [0.5, 0.6) is 0 Å². The van der Waals surface area contributed by atoms with Gasteiger partial charge < -0.3 is 10.1 Å². The molecule has 1 amide bonds. The van der Waals surface area contributed by atoms with Gasteiger partial charge in [-0.05, 0) is 26.0 Å². The third kappa shape index (κ3) is 3.69. The summed E-state index contributed by atoms with van der Waals surface area (Å²) < 4.78 is 19.8. The fraction of sp³-hybridized carbons (Fsp3) is 0.267. The molecule has 0 unspecified atom stereocenters. The summed E-state index contributed by atoms with van der Waals surface area (Å²) in [7, 11) is 0. The maximum atomic E-state index is 13.4. The highest BCUT2D eigenvalue weighted by molar-refractivity contribution is 5.95. The predicted octanol–water partition coefficient (Wildman–Crippen LogP) is 2.40. The van der Waals surface area contributed by atoms with Crippen LogP contribution in [0.2, 0.25) is 0 Å². The van der Waals surface area contributed by atoms with Crippen molar-refractivity contribution >= 4 is 17.7 Å². The van der Waals surface area contributed by atoms with Crippen molar-refractivity contribution in [2.45, 2.75) is 19.9 Å². The minimum Gasteiger partial charge on any atom is -0.452 e. The van der Waals surface area contributed by atoms with E-state index in [1.54, 1.807) is 16.9 Å². The SMILES string of the molecule is CC(C)n1nccc1NC(=O)COC(=O)c1ccccc1F. The Kier molecular flexibility index (Phi) is 4.88. The van der Waals surface area contributed by atoms with Gasteiger partial charge in [-0.1, -0.05) is 12.1 Å². The summed E-state index contributed by atoms with van der Waals surface area (Å²) >= 11 is 0. The van der Waals surface area contributed by atoms with Crippen LogP contribution >= 0.6 is 0 Å². The number of benzene rings is 1. The molecule has 0 aliphatic rings. The second kappa shape index (κ2) is 6.84. The van der Waals surface area contributed by atoms with E-state index in [-0.39, 0.29) is 11.6 Å². The summed E-state index contributed by atoms with van der Waals surface area (Å²) in [5.74, 6) is -1.59. The normalized spacial score (nSPS) is 10.5. The Morgan fingerprint density at radius 3 is 2.73 bits per heavy atom. The van der Waals surface area contributed by atoms with Crippen LogP contribution in [0.15, 0.2) is 36.5 Å². The lowest BCUT2D eigenvalue weighted by Crippen LogP contribution is -2.23. The summed E-state index contributed by atoms with van der Waals surface area (Å²) in [5.41, 5.74) is -0.206. The van der Waals surface area contributed by atoms with Gasteiger partial charge in [-0.2, -0.15) is 5.10 Å². The van der Waals surface area contributed by atoms with Crippen molar-refractivity contribution in [2.24, 2.45) is 0 Å². The lowest BCUT2D eigenvalue weighted by Gasteiger charge is -2.12. The molecule has 6 nitrogen and oxygen atoms in total. The van der Waals surface area contributed by atoms with E-state index in [9.17, 15) is 14.0 Å². The van der Waals surface area contributed by atoms with Crippen molar-refractivity contribution in [2.75, 3.05) is 11.9 Å². The minimum atomic E-state index is -0.884. The summed E-state index contributed by atoms with van der Waals surface area (Å²) in [6, 6.07) is 7.14. The molecule has 22 heavy (non-hydrogen) atoms. The number of esters is 1. The summed E-state index contributed by atoms with van der Waals surface area (Å²) in [6.07, 6.45) is 1.56. The number of hydrogen-bond acceptors (Lipinski definition) is 4. The van der Waals surface area contributed by atoms with Gasteiger partial charge in [-0.15, -0.1) is 0 Å². The molecule has 7 heteroatoms. The molecular formula is C15H16FN3O3. The van der Waals surface area contributed by atoms with E-state index in [2.05, 4.69) is 10.4 Å². The van der Waals surface area contributed by atoms with Gasteiger partial charge in [-0.25, -0.2) is 13.9 Å². The highest BCUT2D eigenvalue weighted by Gasteiger charge is 2.15. The number of amides is 1. The molecule has 116 valence electrons. The van der Waals surface area contributed by atoms with Crippen LogP contribution in [0.25, 0.3) is 0 Å². The molecule has 1 heterocycles. The number of rotatable bonds is 5. The van der Waals surface area contributed by atoms with Gasteiger partial charge in [0.15, 0.2) is 6.61 Å². The number of carbonyl (C=O) groups is 2. The van der Waals surface area contributed by atoms with Gasteiger partial charge in [0.25, 0.3) is 5.91 Å². The van der Waals surface area contributed by atoms with Gasteiger partial charge in [0, 0.05) is 12.1 Å². The Hall–Kier alpha value is -2.70. The second-order valence-electron chi connectivity index (χ2n) is 4.86. The van der Waals surface area contributed by atoms with Crippen LogP contribution in [0.1, 0.15) is 30.2 Å². The zero-order valence-electron chi connectivity index (χ0n) is 12.2. The van der Waals surface area contributed by atoms with Gasteiger partial charge in [0.2, 0.25) is 0 Å². The number of ether oxygens (including phenoxy) is 1. The second-order valence-corrected chi connectivity index (χ2v) is 4.86. The standard InChI is InChI=1S/C15H16FN3O3/c1-10(2)19-13(7-8-17-19)18-14(20)9-22-15(21)11-5-3-4-6-12(11)16/h3-8,10H,9H2,1-2H3,(H,18,20). The molecule has 1 aromatic carbocycles. The van der Waals surface area contributed by atoms with Gasteiger partial charge in [-0.3, -0.25) is 4.79 Å². The third-order valence-corrected chi connectivity index (χ3v) is 2.86. The van der Waals surface area contributed by atoms with E-state index in [0.717, 1.165) is 6.07 Å². The molecule has 1 N–H and O–H groups in total. The number of anilines is 1. The van der Waals surface area contributed by atoms with Crippen LogP contribution in [0.4, 0.5) is 10.2 Å². The first-order valence-electron chi connectivity index (χ1n) is 6.74. The molecule has 0 aliphatic carbocycles. The van der Waals surface area contributed by atoms with Crippen molar-refractivity contribution in [1.29, 1.82) is 0 Å². The number of nitrogens with zero attached hydrogens (tertiary/aromatic N) is 2. The van der Waals surface area contributed by atoms with Crippen LogP contribution in [0, 0.1) is 5.82 Å². The minimum absolute atomic E-state index is 0.0752.